The van der Waals surface area contributed by atoms with Gasteiger partial charge in [0.05, 0.1) is 0 Å². The number of hydrogen-bond acceptors (Lipinski definition) is 2. The Hall–Kier alpha value is -0.460. The van der Waals surface area contributed by atoms with Crippen molar-refractivity contribution in [3.8, 4) is 0 Å². The van der Waals surface area contributed by atoms with Crippen molar-refractivity contribution in [3.63, 3.8) is 0 Å². The SMILES string of the molecule is CC(C)C(=O)N[C@H](NC(=S)Nc1cccc(Cl)c1)C(Cl)(Cl)Cl. The first kappa shape index (κ1) is 19.6. The third-order valence-corrected chi connectivity index (χ3v) is 3.61. The van der Waals surface area contributed by atoms with Crippen LogP contribution in [0.4, 0.5) is 5.69 Å². The second-order valence-corrected chi connectivity index (χ2v) is 7.96. The fourth-order valence-corrected chi connectivity index (χ4v) is 2.13. The van der Waals surface area contributed by atoms with Gasteiger partial charge in [0.2, 0.25) is 9.70 Å². The zero-order chi connectivity index (χ0) is 16.9. The number of rotatable bonds is 4. The van der Waals surface area contributed by atoms with Crippen molar-refractivity contribution in [2.75, 3.05) is 5.32 Å². The summed E-state index contributed by atoms with van der Waals surface area (Å²) >= 11 is 28.6. The molecule has 3 N–H and O–H groups in total. The van der Waals surface area contributed by atoms with Crippen LogP contribution >= 0.6 is 58.6 Å². The predicted octanol–water partition coefficient (Wildman–Crippen LogP) is 4.09. The van der Waals surface area contributed by atoms with Crippen LogP contribution < -0.4 is 16.0 Å². The maximum absolute atomic E-state index is 11.8. The van der Waals surface area contributed by atoms with E-state index in [9.17, 15) is 4.79 Å². The lowest BCUT2D eigenvalue weighted by Gasteiger charge is -2.28. The molecular weight excluding hydrogens is 388 g/mol. The lowest BCUT2D eigenvalue weighted by Crippen LogP contribution is -2.56. The molecule has 0 bridgehead atoms. The maximum atomic E-state index is 11.8. The van der Waals surface area contributed by atoms with Crippen molar-refractivity contribution < 1.29 is 4.79 Å². The minimum atomic E-state index is -1.77. The minimum Gasteiger partial charge on any atom is -0.339 e. The second kappa shape index (κ2) is 8.41. The third kappa shape index (κ3) is 6.75. The van der Waals surface area contributed by atoms with Crippen LogP contribution in [-0.4, -0.2) is 21.0 Å². The molecule has 9 heteroatoms. The van der Waals surface area contributed by atoms with E-state index in [0.29, 0.717) is 10.7 Å². The lowest BCUT2D eigenvalue weighted by atomic mass is 10.2. The number of thiocarbonyl (C=S) groups is 1. The maximum Gasteiger partial charge on any atom is 0.228 e. The summed E-state index contributed by atoms with van der Waals surface area (Å²) in [5.41, 5.74) is 0.670. The van der Waals surface area contributed by atoms with E-state index in [1.807, 2.05) is 0 Å². The number of carbonyl (C=O) groups excluding carboxylic acids is 1. The molecule has 1 rings (SSSR count). The van der Waals surface area contributed by atoms with Crippen molar-refractivity contribution in [1.29, 1.82) is 0 Å². The normalized spacial score (nSPS) is 12.7. The third-order valence-electron chi connectivity index (χ3n) is 2.50. The van der Waals surface area contributed by atoms with Crippen molar-refractivity contribution in [2.24, 2.45) is 5.92 Å². The Morgan fingerprint density at radius 3 is 2.36 bits per heavy atom. The van der Waals surface area contributed by atoms with Crippen LogP contribution in [0.15, 0.2) is 24.3 Å². The van der Waals surface area contributed by atoms with Gasteiger partial charge in [-0.15, -0.1) is 0 Å². The monoisotopic (exact) mass is 401 g/mol. The highest BCUT2D eigenvalue weighted by Gasteiger charge is 2.35. The van der Waals surface area contributed by atoms with Crippen LogP contribution in [0.3, 0.4) is 0 Å². The standard InChI is InChI=1S/C13H15Cl4N3OS/c1-7(2)10(21)19-11(13(15,16)17)20-12(22)18-9-5-3-4-8(14)6-9/h3-7,11H,1-2H3,(H,19,21)(H2,18,20,22)/t11-/m1/s1. The fraction of sp³-hybridized carbons (Fsp3) is 0.385. The van der Waals surface area contributed by atoms with E-state index in [0.717, 1.165) is 0 Å². The Morgan fingerprint density at radius 2 is 1.86 bits per heavy atom. The van der Waals surface area contributed by atoms with Crippen molar-refractivity contribution in [2.45, 2.75) is 23.8 Å². The Kier molecular flexibility index (Phi) is 7.49. The van der Waals surface area contributed by atoms with E-state index in [4.69, 9.17) is 58.6 Å². The number of halogens is 4. The van der Waals surface area contributed by atoms with Crippen LogP contribution in [0.1, 0.15) is 13.8 Å². The zero-order valence-corrected chi connectivity index (χ0v) is 15.6. The summed E-state index contributed by atoms with van der Waals surface area (Å²) in [6.07, 6.45) is -0.980. The van der Waals surface area contributed by atoms with E-state index in [-0.39, 0.29) is 16.9 Å². The number of alkyl halides is 3. The van der Waals surface area contributed by atoms with Gasteiger partial charge in [0.1, 0.15) is 6.17 Å². The highest BCUT2D eigenvalue weighted by atomic mass is 35.6. The van der Waals surface area contributed by atoms with Gasteiger partial charge in [-0.3, -0.25) is 4.79 Å². The highest BCUT2D eigenvalue weighted by Crippen LogP contribution is 2.29. The Bertz CT molecular complexity index is 548. The summed E-state index contributed by atoms with van der Waals surface area (Å²) < 4.78 is -1.77. The molecule has 0 saturated heterocycles. The summed E-state index contributed by atoms with van der Waals surface area (Å²) in [5.74, 6) is -0.527. The van der Waals surface area contributed by atoms with E-state index >= 15 is 0 Å². The average Bonchev–Trinajstić information content (AvgIpc) is 2.36. The second-order valence-electron chi connectivity index (χ2n) is 4.75. The molecule has 122 valence electrons. The molecular formula is C13H15Cl4N3OS. The quantitative estimate of drug-likeness (QED) is 0.403. The molecule has 22 heavy (non-hydrogen) atoms. The van der Waals surface area contributed by atoms with Crippen molar-refractivity contribution >= 4 is 75.3 Å². The molecule has 1 aromatic carbocycles. The Balaban J connectivity index is 2.73. The van der Waals surface area contributed by atoms with Crippen LogP contribution in [-0.2, 0) is 4.79 Å². The molecule has 0 aliphatic rings. The summed E-state index contributed by atoms with van der Waals surface area (Å²) in [5, 5.41) is 8.98. The molecule has 1 amide bonds. The molecule has 0 spiro atoms. The largest absolute Gasteiger partial charge is 0.339 e. The van der Waals surface area contributed by atoms with E-state index in [1.54, 1.807) is 38.1 Å². The van der Waals surface area contributed by atoms with E-state index < -0.39 is 9.96 Å². The molecule has 0 aliphatic carbocycles. The summed E-state index contributed by atoms with van der Waals surface area (Å²) in [6.45, 7) is 3.46. The topological polar surface area (TPSA) is 53.2 Å². The van der Waals surface area contributed by atoms with E-state index in [2.05, 4.69) is 16.0 Å². The molecule has 1 aromatic rings. The molecule has 0 saturated carbocycles. The van der Waals surface area contributed by atoms with Crippen LogP contribution in [0.5, 0.6) is 0 Å². The van der Waals surface area contributed by atoms with Gasteiger partial charge >= 0.3 is 0 Å². The van der Waals surface area contributed by atoms with Crippen LogP contribution in [0.25, 0.3) is 0 Å². The first-order chi connectivity index (χ1) is 10.1. The van der Waals surface area contributed by atoms with Gasteiger partial charge in [-0.1, -0.05) is 66.3 Å². The van der Waals surface area contributed by atoms with Crippen LogP contribution in [0, 0.1) is 5.92 Å². The molecule has 1 atom stereocenters. The van der Waals surface area contributed by atoms with Crippen molar-refractivity contribution in [1.82, 2.24) is 10.6 Å². The number of anilines is 1. The number of benzene rings is 1. The zero-order valence-electron chi connectivity index (χ0n) is 11.8. The Labute approximate surface area is 154 Å². The van der Waals surface area contributed by atoms with Crippen LogP contribution in [0.2, 0.25) is 5.02 Å². The first-order valence-electron chi connectivity index (χ1n) is 6.29. The summed E-state index contributed by atoms with van der Waals surface area (Å²) in [6, 6.07) is 6.96. The molecule has 4 nitrogen and oxygen atoms in total. The van der Waals surface area contributed by atoms with Crippen molar-refractivity contribution in [3.05, 3.63) is 29.3 Å². The molecule has 0 heterocycles. The summed E-state index contributed by atoms with van der Waals surface area (Å²) in [7, 11) is 0. The Morgan fingerprint density at radius 1 is 1.23 bits per heavy atom. The van der Waals surface area contributed by atoms with Gasteiger partial charge in [-0.2, -0.15) is 0 Å². The van der Waals surface area contributed by atoms with Gasteiger partial charge in [0, 0.05) is 16.6 Å². The fourth-order valence-electron chi connectivity index (χ4n) is 1.37. The number of amides is 1. The molecule has 0 aliphatic heterocycles. The molecule has 0 aromatic heterocycles. The number of hydrogen-bond donors (Lipinski definition) is 3. The first-order valence-corrected chi connectivity index (χ1v) is 8.22. The molecule has 0 radical (unpaired) electrons. The average molecular weight is 403 g/mol. The van der Waals surface area contributed by atoms with Gasteiger partial charge in [-0.25, -0.2) is 0 Å². The highest BCUT2D eigenvalue weighted by molar-refractivity contribution is 7.80. The smallest absolute Gasteiger partial charge is 0.228 e. The number of nitrogens with one attached hydrogen (secondary N) is 3. The van der Waals surface area contributed by atoms with Gasteiger partial charge < -0.3 is 16.0 Å². The molecule has 0 unspecified atom stereocenters. The lowest BCUT2D eigenvalue weighted by molar-refractivity contribution is -0.124. The van der Waals surface area contributed by atoms with Gasteiger partial charge in [0.15, 0.2) is 5.11 Å². The summed E-state index contributed by atoms with van der Waals surface area (Å²) in [4.78, 5) is 11.8. The van der Waals surface area contributed by atoms with Gasteiger partial charge in [-0.05, 0) is 30.4 Å². The van der Waals surface area contributed by atoms with Gasteiger partial charge in [0.25, 0.3) is 0 Å². The minimum absolute atomic E-state index is 0.183. The molecule has 0 fully saturated rings. The van der Waals surface area contributed by atoms with E-state index in [1.165, 1.54) is 0 Å². The number of carbonyl (C=O) groups is 1. The predicted molar refractivity (Wildman–Crippen MR) is 97.9 cm³/mol.